The Morgan fingerprint density at radius 1 is 1.41 bits per heavy atom. The van der Waals surface area contributed by atoms with Crippen LogP contribution in [0.5, 0.6) is 0 Å². The van der Waals surface area contributed by atoms with Crippen LogP contribution in [-0.4, -0.2) is 17.2 Å². The van der Waals surface area contributed by atoms with E-state index in [0.29, 0.717) is 6.42 Å². The molecule has 0 aliphatic heterocycles. The molecule has 3 nitrogen and oxygen atoms in total. The summed E-state index contributed by atoms with van der Waals surface area (Å²) in [6, 6.07) is 9.44. The first-order valence-electron chi connectivity index (χ1n) is 5.69. The molecule has 0 aromatic heterocycles. The third kappa shape index (κ3) is 3.71. The molecule has 1 aromatic carbocycles. The molecular formula is C14H18O3. The van der Waals surface area contributed by atoms with Crippen molar-refractivity contribution in [3.05, 3.63) is 48.0 Å². The first-order valence-corrected chi connectivity index (χ1v) is 5.69. The second kappa shape index (κ2) is 6.21. The molecule has 2 atom stereocenters. The van der Waals surface area contributed by atoms with Crippen molar-refractivity contribution in [2.45, 2.75) is 32.5 Å². The van der Waals surface area contributed by atoms with E-state index in [-0.39, 0.29) is 11.7 Å². The Morgan fingerprint density at radius 2 is 2.00 bits per heavy atom. The van der Waals surface area contributed by atoms with Crippen LogP contribution in [0.4, 0.5) is 0 Å². The molecule has 0 bridgehead atoms. The third-order valence-corrected chi connectivity index (χ3v) is 2.60. The fourth-order valence-corrected chi connectivity index (χ4v) is 1.41. The van der Waals surface area contributed by atoms with Crippen LogP contribution in [0.1, 0.15) is 31.9 Å². The number of ether oxygens (including phenoxy) is 1. The van der Waals surface area contributed by atoms with Crippen LogP contribution < -0.4 is 0 Å². The normalized spacial score (nSPS) is 13.8. The molecule has 1 aromatic rings. The number of rotatable bonds is 5. The van der Waals surface area contributed by atoms with E-state index in [1.807, 2.05) is 30.3 Å². The van der Waals surface area contributed by atoms with Crippen LogP contribution in [0.3, 0.4) is 0 Å². The Bertz CT molecular complexity index is 384. The van der Waals surface area contributed by atoms with Gasteiger partial charge in [0.1, 0.15) is 6.10 Å². The van der Waals surface area contributed by atoms with E-state index in [9.17, 15) is 9.90 Å². The first-order chi connectivity index (χ1) is 8.06. The number of aliphatic hydroxyl groups excluding tert-OH is 1. The van der Waals surface area contributed by atoms with E-state index >= 15 is 0 Å². The van der Waals surface area contributed by atoms with Gasteiger partial charge in [-0.1, -0.05) is 43.8 Å². The summed E-state index contributed by atoms with van der Waals surface area (Å²) in [5.41, 5.74) is 1.02. The highest BCUT2D eigenvalue weighted by atomic mass is 16.5. The highest BCUT2D eigenvalue weighted by Crippen LogP contribution is 2.18. The molecule has 92 valence electrons. The standard InChI is InChI=1S/C14H18O3/c1-4-13(15)10(2)14(16)17-11(3)12-8-6-5-7-9-12/h5-9,11,13,15H,2,4H2,1,3H3. The SMILES string of the molecule is C=C(C(=O)OC(C)c1ccccc1)C(O)CC. The van der Waals surface area contributed by atoms with Crippen molar-refractivity contribution in [2.24, 2.45) is 0 Å². The molecule has 1 rings (SSSR count). The van der Waals surface area contributed by atoms with E-state index in [1.54, 1.807) is 13.8 Å². The third-order valence-electron chi connectivity index (χ3n) is 2.60. The Balaban J connectivity index is 2.61. The van der Waals surface area contributed by atoms with Crippen molar-refractivity contribution in [1.29, 1.82) is 0 Å². The van der Waals surface area contributed by atoms with Crippen LogP contribution in [-0.2, 0) is 9.53 Å². The average Bonchev–Trinajstić information content (AvgIpc) is 2.37. The van der Waals surface area contributed by atoms with Crippen LogP contribution in [0.15, 0.2) is 42.5 Å². The lowest BCUT2D eigenvalue weighted by atomic mass is 10.1. The summed E-state index contributed by atoms with van der Waals surface area (Å²) < 4.78 is 5.22. The van der Waals surface area contributed by atoms with E-state index in [1.165, 1.54) is 0 Å². The molecule has 0 heterocycles. The number of hydrogen-bond donors (Lipinski definition) is 1. The minimum absolute atomic E-state index is 0.107. The summed E-state index contributed by atoms with van der Waals surface area (Å²) in [5, 5.41) is 9.48. The van der Waals surface area contributed by atoms with Crippen molar-refractivity contribution >= 4 is 5.97 Å². The fraction of sp³-hybridized carbons (Fsp3) is 0.357. The van der Waals surface area contributed by atoms with Gasteiger partial charge in [0.15, 0.2) is 0 Å². The zero-order valence-corrected chi connectivity index (χ0v) is 10.2. The summed E-state index contributed by atoms with van der Waals surface area (Å²) in [6.45, 7) is 7.12. The molecule has 1 N–H and O–H groups in total. The van der Waals surface area contributed by atoms with E-state index in [4.69, 9.17) is 4.74 Å². The lowest BCUT2D eigenvalue weighted by Crippen LogP contribution is -2.19. The van der Waals surface area contributed by atoms with Gasteiger partial charge in [-0.3, -0.25) is 0 Å². The smallest absolute Gasteiger partial charge is 0.336 e. The lowest BCUT2D eigenvalue weighted by Gasteiger charge is -2.16. The number of carbonyl (C=O) groups is 1. The summed E-state index contributed by atoms with van der Waals surface area (Å²) in [7, 11) is 0. The molecule has 2 unspecified atom stereocenters. The van der Waals surface area contributed by atoms with Crippen molar-refractivity contribution in [2.75, 3.05) is 0 Å². The van der Waals surface area contributed by atoms with Crippen LogP contribution in [0.25, 0.3) is 0 Å². The molecule has 0 aliphatic carbocycles. The van der Waals surface area contributed by atoms with Gasteiger partial charge >= 0.3 is 5.97 Å². The van der Waals surface area contributed by atoms with E-state index in [2.05, 4.69) is 6.58 Å². The topological polar surface area (TPSA) is 46.5 Å². The van der Waals surface area contributed by atoms with Gasteiger partial charge in [0.05, 0.1) is 11.7 Å². The maximum atomic E-state index is 11.6. The van der Waals surface area contributed by atoms with Gasteiger partial charge in [0.2, 0.25) is 0 Å². The van der Waals surface area contributed by atoms with Gasteiger partial charge in [0, 0.05) is 0 Å². The van der Waals surface area contributed by atoms with E-state index < -0.39 is 12.1 Å². The fourth-order valence-electron chi connectivity index (χ4n) is 1.41. The summed E-state index contributed by atoms with van der Waals surface area (Å²) >= 11 is 0. The minimum Gasteiger partial charge on any atom is -0.454 e. The van der Waals surface area contributed by atoms with Gasteiger partial charge in [-0.05, 0) is 18.9 Å². The quantitative estimate of drug-likeness (QED) is 0.629. The zero-order valence-electron chi connectivity index (χ0n) is 10.2. The predicted octanol–water partition coefficient (Wildman–Crippen LogP) is 2.62. The van der Waals surface area contributed by atoms with Crippen LogP contribution in [0, 0.1) is 0 Å². The number of carbonyl (C=O) groups excluding carboxylic acids is 1. The molecule has 0 saturated carbocycles. The van der Waals surface area contributed by atoms with Crippen molar-refractivity contribution in [3.63, 3.8) is 0 Å². The average molecular weight is 234 g/mol. The first kappa shape index (κ1) is 13.5. The molecular weight excluding hydrogens is 216 g/mol. The lowest BCUT2D eigenvalue weighted by molar-refractivity contribution is -0.145. The summed E-state index contributed by atoms with van der Waals surface area (Å²) in [4.78, 5) is 11.6. The second-order valence-electron chi connectivity index (χ2n) is 3.91. The van der Waals surface area contributed by atoms with Gasteiger partial charge < -0.3 is 9.84 Å². The van der Waals surface area contributed by atoms with Gasteiger partial charge in [-0.2, -0.15) is 0 Å². The molecule has 0 radical (unpaired) electrons. The second-order valence-corrected chi connectivity index (χ2v) is 3.91. The highest BCUT2D eigenvalue weighted by Gasteiger charge is 2.19. The van der Waals surface area contributed by atoms with Gasteiger partial charge in [0.25, 0.3) is 0 Å². The number of hydrogen-bond acceptors (Lipinski definition) is 3. The largest absolute Gasteiger partial charge is 0.454 e. The summed E-state index contributed by atoms with van der Waals surface area (Å²) in [5.74, 6) is -0.546. The monoisotopic (exact) mass is 234 g/mol. The van der Waals surface area contributed by atoms with Crippen LogP contribution >= 0.6 is 0 Å². The Kier molecular flexibility index (Phi) is 4.91. The minimum atomic E-state index is -0.828. The molecule has 0 fully saturated rings. The van der Waals surface area contributed by atoms with Crippen molar-refractivity contribution < 1.29 is 14.6 Å². The number of aliphatic hydroxyl groups is 1. The molecule has 0 spiro atoms. The number of esters is 1. The van der Waals surface area contributed by atoms with Gasteiger partial charge in [-0.15, -0.1) is 0 Å². The Hall–Kier alpha value is -1.61. The van der Waals surface area contributed by atoms with Gasteiger partial charge in [-0.25, -0.2) is 4.79 Å². The Morgan fingerprint density at radius 3 is 2.53 bits per heavy atom. The maximum Gasteiger partial charge on any atom is 0.336 e. The molecule has 17 heavy (non-hydrogen) atoms. The Labute approximate surface area is 102 Å². The van der Waals surface area contributed by atoms with Crippen molar-refractivity contribution in [3.8, 4) is 0 Å². The summed E-state index contributed by atoms with van der Waals surface area (Å²) in [6.07, 6.45) is -0.719. The van der Waals surface area contributed by atoms with Crippen LogP contribution in [0.2, 0.25) is 0 Å². The molecule has 3 heteroatoms. The molecule has 0 aliphatic rings. The zero-order chi connectivity index (χ0) is 12.8. The predicted molar refractivity (Wildman–Crippen MR) is 66.4 cm³/mol. The van der Waals surface area contributed by atoms with E-state index in [0.717, 1.165) is 5.56 Å². The highest BCUT2D eigenvalue weighted by molar-refractivity contribution is 5.88. The van der Waals surface area contributed by atoms with Crippen molar-refractivity contribution in [1.82, 2.24) is 0 Å². The maximum absolute atomic E-state index is 11.6. The number of benzene rings is 1. The molecule has 0 saturated heterocycles. The molecule has 0 amide bonds.